The van der Waals surface area contributed by atoms with Crippen molar-refractivity contribution in [2.75, 3.05) is 5.73 Å². The van der Waals surface area contributed by atoms with Crippen molar-refractivity contribution in [2.45, 2.75) is 13.0 Å². The molecule has 31 heavy (non-hydrogen) atoms. The molecule has 3 aromatic heterocycles. The molecule has 0 unspecified atom stereocenters. The van der Waals surface area contributed by atoms with Crippen molar-refractivity contribution >= 4 is 43.9 Å². The van der Waals surface area contributed by atoms with Gasteiger partial charge in [-0.3, -0.25) is 4.79 Å². The number of aryl methyl sites for hydroxylation is 2. The van der Waals surface area contributed by atoms with E-state index in [9.17, 15) is 9.18 Å². The Morgan fingerprint density at radius 2 is 1.97 bits per heavy atom. The Morgan fingerprint density at radius 1 is 1.13 bits per heavy atom. The molecule has 5 aromatic rings. The van der Waals surface area contributed by atoms with Crippen LogP contribution < -0.4 is 11.2 Å². The summed E-state index contributed by atoms with van der Waals surface area (Å²) in [6, 6.07) is 11.4. The number of nitrogen functional groups attached to an aromatic ring is 1. The van der Waals surface area contributed by atoms with Crippen LogP contribution in [0.5, 0.6) is 0 Å². The van der Waals surface area contributed by atoms with E-state index < -0.39 is 5.82 Å². The summed E-state index contributed by atoms with van der Waals surface area (Å²) in [6.07, 6.45) is 3.30. The number of halogens is 2. The third-order valence-corrected chi connectivity index (χ3v) is 5.57. The van der Waals surface area contributed by atoms with Crippen molar-refractivity contribution < 1.29 is 8.81 Å². The number of benzene rings is 2. The van der Waals surface area contributed by atoms with E-state index in [0.29, 0.717) is 46.7 Å². The molecule has 2 aromatic carbocycles. The lowest BCUT2D eigenvalue weighted by molar-refractivity contribution is 0.515. The van der Waals surface area contributed by atoms with Crippen LogP contribution >= 0.6 is 15.9 Å². The van der Waals surface area contributed by atoms with Gasteiger partial charge in [-0.15, -0.1) is 0 Å². The van der Waals surface area contributed by atoms with Gasteiger partial charge in [-0.05, 0) is 24.3 Å². The van der Waals surface area contributed by atoms with Gasteiger partial charge in [0.2, 0.25) is 5.43 Å². The molecule has 154 valence electrons. The van der Waals surface area contributed by atoms with Crippen LogP contribution in [0.2, 0.25) is 0 Å². The van der Waals surface area contributed by atoms with Crippen molar-refractivity contribution in [2.24, 2.45) is 0 Å². The van der Waals surface area contributed by atoms with E-state index in [1.54, 1.807) is 47.3 Å². The molecule has 2 N–H and O–H groups in total. The zero-order chi connectivity index (χ0) is 21.5. The van der Waals surface area contributed by atoms with E-state index in [1.165, 1.54) is 12.4 Å². The van der Waals surface area contributed by atoms with Gasteiger partial charge in [0.05, 0.1) is 17.3 Å². The van der Waals surface area contributed by atoms with Crippen LogP contribution in [0.15, 0.2) is 68.8 Å². The molecule has 5 rings (SSSR count). The number of nitrogens with two attached hydrogens (primary N) is 1. The van der Waals surface area contributed by atoms with Crippen LogP contribution in [-0.4, -0.2) is 19.5 Å². The fraction of sp³-hybridized carbons (Fsp3) is 0.0909. The van der Waals surface area contributed by atoms with Crippen molar-refractivity contribution in [3.63, 3.8) is 0 Å². The van der Waals surface area contributed by atoms with Crippen LogP contribution in [-0.2, 0) is 13.0 Å². The molecule has 9 heteroatoms. The molecule has 0 saturated carbocycles. The highest BCUT2D eigenvalue weighted by Crippen LogP contribution is 2.29. The number of anilines is 1. The smallest absolute Gasteiger partial charge is 0.200 e. The van der Waals surface area contributed by atoms with Gasteiger partial charge in [-0.2, -0.15) is 0 Å². The van der Waals surface area contributed by atoms with Gasteiger partial charge in [0.1, 0.15) is 29.0 Å². The van der Waals surface area contributed by atoms with E-state index in [1.807, 2.05) is 0 Å². The first-order valence-corrected chi connectivity index (χ1v) is 10.2. The predicted octanol–water partition coefficient (Wildman–Crippen LogP) is 4.33. The molecular weight excluding hydrogens is 465 g/mol. The lowest BCUT2D eigenvalue weighted by Crippen LogP contribution is -2.12. The van der Waals surface area contributed by atoms with Crippen molar-refractivity contribution in [1.82, 2.24) is 19.5 Å². The van der Waals surface area contributed by atoms with Crippen LogP contribution in [0.1, 0.15) is 5.76 Å². The number of aromatic nitrogens is 4. The Balaban J connectivity index is 1.65. The third-order valence-electron chi connectivity index (χ3n) is 5.08. The molecule has 3 heterocycles. The number of imidazole rings is 1. The first-order valence-electron chi connectivity index (χ1n) is 9.44. The topological polar surface area (TPSA) is 99.8 Å². The standard InChI is InChI=1S/C22H15BrFN5O2/c23-12-5-6-16-14(9-12)20(30)18(13-3-1-2-4-15(13)24)17(31-16)7-8-29-11-28-19-21(25)26-10-27-22(19)29/h1-6,9-11H,7-8H2,(H2,25,26,27). The van der Waals surface area contributed by atoms with E-state index in [-0.39, 0.29) is 16.6 Å². The highest BCUT2D eigenvalue weighted by atomic mass is 79.9. The highest BCUT2D eigenvalue weighted by Gasteiger charge is 2.19. The SMILES string of the molecule is Nc1ncnc2c1ncn2CCc1oc2ccc(Br)cc2c(=O)c1-c1ccccc1F. The Bertz CT molecular complexity index is 1510. The molecule has 0 aliphatic heterocycles. The molecule has 0 radical (unpaired) electrons. The molecule has 0 aliphatic carbocycles. The Hall–Kier alpha value is -3.59. The summed E-state index contributed by atoms with van der Waals surface area (Å²) in [5.41, 5.74) is 7.50. The van der Waals surface area contributed by atoms with Gasteiger partial charge in [0.15, 0.2) is 11.5 Å². The fourth-order valence-electron chi connectivity index (χ4n) is 3.61. The number of hydrogen-bond acceptors (Lipinski definition) is 6. The first kappa shape index (κ1) is 19.4. The first-order chi connectivity index (χ1) is 15.0. The molecule has 0 fully saturated rings. The van der Waals surface area contributed by atoms with E-state index in [2.05, 4.69) is 30.9 Å². The van der Waals surface area contributed by atoms with Crippen LogP contribution in [0.3, 0.4) is 0 Å². The van der Waals surface area contributed by atoms with Gasteiger partial charge in [-0.1, -0.05) is 34.1 Å². The van der Waals surface area contributed by atoms with Crippen molar-refractivity contribution in [1.29, 1.82) is 0 Å². The second-order valence-corrected chi connectivity index (χ2v) is 7.88. The fourth-order valence-corrected chi connectivity index (χ4v) is 3.97. The second-order valence-electron chi connectivity index (χ2n) is 6.97. The van der Waals surface area contributed by atoms with Gasteiger partial charge in [0, 0.05) is 23.0 Å². The highest BCUT2D eigenvalue weighted by molar-refractivity contribution is 9.10. The zero-order valence-corrected chi connectivity index (χ0v) is 17.6. The lowest BCUT2D eigenvalue weighted by Gasteiger charge is -2.12. The van der Waals surface area contributed by atoms with Crippen LogP contribution in [0.25, 0.3) is 33.3 Å². The average molecular weight is 480 g/mol. The van der Waals surface area contributed by atoms with Gasteiger partial charge >= 0.3 is 0 Å². The van der Waals surface area contributed by atoms with E-state index >= 15 is 0 Å². The van der Waals surface area contributed by atoms with Gasteiger partial charge < -0.3 is 14.7 Å². The average Bonchev–Trinajstić information content (AvgIpc) is 3.18. The summed E-state index contributed by atoms with van der Waals surface area (Å²) in [5, 5.41) is 0.380. The number of hydrogen-bond donors (Lipinski definition) is 1. The molecule has 0 spiro atoms. The maximum Gasteiger partial charge on any atom is 0.200 e. The molecule has 0 bridgehead atoms. The Labute approximate surface area is 183 Å². The number of rotatable bonds is 4. The normalized spacial score (nSPS) is 11.4. The molecule has 0 saturated heterocycles. The number of fused-ring (bicyclic) bond motifs is 2. The quantitative estimate of drug-likeness (QED) is 0.411. The summed E-state index contributed by atoms with van der Waals surface area (Å²) < 4.78 is 23.3. The minimum absolute atomic E-state index is 0.204. The van der Waals surface area contributed by atoms with Crippen LogP contribution in [0, 0.1) is 5.82 Å². The molecule has 0 atom stereocenters. The Morgan fingerprint density at radius 3 is 2.81 bits per heavy atom. The second kappa shape index (κ2) is 7.59. The maximum atomic E-state index is 14.6. The molecule has 0 amide bonds. The summed E-state index contributed by atoms with van der Waals surface area (Å²) in [4.78, 5) is 25.8. The third kappa shape index (κ3) is 3.36. The summed E-state index contributed by atoms with van der Waals surface area (Å²) >= 11 is 3.38. The van der Waals surface area contributed by atoms with Crippen LogP contribution in [0.4, 0.5) is 10.2 Å². The monoisotopic (exact) mass is 479 g/mol. The van der Waals surface area contributed by atoms with Crippen molar-refractivity contribution in [3.05, 3.63) is 81.4 Å². The zero-order valence-electron chi connectivity index (χ0n) is 16.0. The molecular formula is C22H15BrFN5O2. The minimum Gasteiger partial charge on any atom is -0.460 e. The summed E-state index contributed by atoms with van der Waals surface area (Å²) in [5.74, 6) is 0.186. The molecule has 0 aliphatic rings. The minimum atomic E-state index is -0.487. The maximum absolute atomic E-state index is 14.6. The van der Waals surface area contributed by atoms with E-state index in [4.69, 9.17) is 10.2 Å². The van der Waals surface area contributed by atoms with E-state index in [0.717, 1.165) is 4.47 Å². The lowest BCUT2D eigenvalue weighted by atomic mass is 10.00. The summed E-state index contributed by atoms with van der Waals surface area (Å²) in [6.45, 7) is 0.402. The Kier molecular flexibility index (Phi) is 4.74. The summed E-state index contributed by atoms with van der Waals surface area (Å²) in [7, 11) is 0. The molecule has 7 nitrogen and oxygen atoms in total. The predicted molar refractivity (Wildman–Crippen MR) is 119 cm³/mol. The van der Waals surface area contributed by atoms with Gasteiger partial charge in [-0.25, -0.2) is 19.3 Å². The van der Waals surface area contributed by atoms with Crippen molar-refractivity contribution in [3.8, 4) is 11.1 Å². The number of nitrogens with zero attached hydrogens (tertiary/aromatic N) is 4. The van der Waals surface area contributed by atoms with Gasteiger partial charge in [0.25, 0.3) is 0 Å². The largest absolute Gasteiger partial charge is 0.460 e.